The van der Waals surface area contributed by atoms with E-state index < -0.39 is 0 Å². The van der Waals surface area contributed by atoms with Crippen molar-refractivity contribution in [1.29, 1.82) is 0 Å². The van der Waals surface area contributed by atoms with Gasteiger partial charge in [0.1, 0.15) is 0 Å². The van der Waals surface area contributed by atoms with E-state index in [4.69, 9.17) is 4.74 Å². The minimum absolute atomic E-state index is 0.366. The molecule has 0 bridgehead atoms. The zero-order chi connectivity index (χ0) is 10.4. The van der Waals surface area contributed by atoms with Gasteiger partial charge in [0.25, 0.3) is 0 Å². The van der Waals surface area contributed by atoms with Crippen LogP contribution in [-0.2, 0) is 4.74 Å². The summed E-state index contributed by atoms with van der Waals surface area (Å²) in [6.45, 7) is 7.05. The van der Waals surface area contributed by atoms with Gasteiger partial charge in [-0.05, 0) is 25.3 Å². The Hall–Kier alpha value is -0.820. The molecule has 1 aromatic carbocycles. The van der Waals surface area contributed by atoms with Crippen LogP contribution in [0.5, 0.6) is 0 Å². The lowest BCUT2D eigenvalue weighted by atomic mass is 10.0. The first-order valence-corrected chi connectivity index (χ1v) is 5.54. The zero-order valence-electron chi connectivity index (χ0n) is 9.42. The molecule has 1 heteroatoms. The van der Waals surface area contributed by atoms with Crippen LogP contribution in [0.2, 0.25) is 0 Å². The van der Waals surface area contributed by atoms with Crippen molar-refractivity contribution in [2.75, 3.05) is 6.61 Å². The van der Waals surface area contributed by atoms with E-state index in [-0.39, 0.29) is 0 Å². The summed E-state index contributed by atoms with van der Waals surface area (Å²) >= 11 is 0. The monoisotopic (exact) mass is 192 g/mol. The van der Waals surface area contributed by atoms with Crippen LogP contribution in [0.1, 0.15) is 43.9 Å². The summed E-state index contributed by atoms with van der Waals surface area (Å²) in [5.41, 5.74) is 2.66. The average Bonchev–Trinajstić information content (AvgIpc) is 2.74. The van der Waals surface area contributed by atoms with Crippen molar-refractivity contribution < 1.29 is 4.74 Å². The third-order valence-electron chi connectivity index (χ3n) is 2.34. The maximum Gasteiger partial charge on any atom is 0.0825 e. The number of benzene rings is 1. The summed E-state index contributed by atoms with van der Waals surface area (Å²) in [6.07, 6.45) is 2.76. The molecule has 0 saturated carbocycles. The van der Waals surface area contributed by atoms with Gasteiger partial charge in [0.15, 0.2) is 0 Å². The van der Waals surface area contributed by atoms with Gasteiger partial charge in [-0.15, -0.1) is 0 Å². The highest BCUT2D eigenvalue weighted by Gasteiger charge is 2.16. The smallest absolute Gasteiger partial charge is 0.0825 e. The highest BCUT2D eigenvalue weighted by molar-refractivity contribution is 5.24. The van der Waals surface area contributed by atoms with Gasteiger partial charge in [-0.1, -0.05) is 43.7 Å². The Morgan fingerprint density at radius 1 is 1.29 bits per heavy atom. The second-order valence-corrected chi connectivity index (χ2v) is 3.42. The number of ether oxygens (including phenoxy) is 1. The summed E-state index contributed by atoms with van der Waals surface area (Å²) in [5.74, 6) is 0. The lowest BCUT2D eigenvalue weighted by Gasteiger charge is -2.09. The lowest BCUT2D eigenvalue weighted by molar-refractivity contribution is 0.112. The minimum atomic E-state index is 0.366. The molecule has 0 amide bonds. The van der Waals surface area contributed by atoms with E-state index in [0.29, 0.717) is 6.10 Å². The molecule has 0 aliphatic carbocycles. The predicted octanol–water partition coefficient (Wildman–Crippen LogP) is 3.87. The maximum atomic E-state index is 5.59. The van der Waals surface area contributed by atoms with Gasteiger partial charge in [-0.3, -0.25) is 0 Å². The molecule has 1 aliphatic heterocycles. The molecule has 1 nitrogen and oxygen atoms in total. The number of rotatable bonds is 1. The quantitative estimate of drug-likeness (QED) is 0.656. The largest absolute Gasteiger partial charge is 0.374 e. The molecule has 1 fully saturated rings. The van der Waals surface area contributed by atoms with Crippen LogP contribution in [0.15, 0.2) is 24.3 Å². The molecule has 1 heterocycles. The molecule has 14 heavy (non-hydrogen) atoms. The molecular weight excluding hydrogens is 172 g/mol. The van der Waals surface area contributed by atoms with Gasteiger partial charge < -0.3 is 4.74 Å². The van der Waals surface area contributed by atoms with E-state index in [1.54, 1.807) is 0 Å². The second-order valence-electron chi connectivity index (χ2n) is 3.42. The minimum Gasteiger partial charge on any atom is -0.374 e. The van der Waals surface area contributed by atoms with Gasteiger partial charge >= 0.3 is 0 Å². The van der Waals surface area contributed by atoms with Gasteiger partial charge in [0, 0.05) is 6.61 Å². The van der Waals surface area contributed by atoms with Crippen LogP contribution < -0.4 is 0 Å². The maximum absolute atomic E-state index is 5.59. The first kappa shape index (κ1) is 11.3. The van der Waals surface area contributed by atoms with Crippen LogP contribution in [0.25, 0.3) is 0 Å². The molecular formula is C13H20O. The van der Waals surface area contributed by atoms with Crippen molar-refractivity contribution in [2.24, 2.45) is 0 Å². The molecule has 78 valence electrons. The van der Waals surface area contributed by atoms with E-state index in [2.05, 4.69) is 31.2 Å². The van der Waals surface area contributed by atoms with Crippen LogP contribution >= 0.6 is 0 Å². The third-order valence-corrected chi connectivity index (χ3v) is 2.34. The second kappa shape index (κ2) is 5.82. The van der Waals surface area contributed by atoms with Gasteiger partial charge in [-0.2, -0.15) is 0 Å². The number of hydrogen-bond donors (Lipinski definition) is 0. The Morgan fingerprint density at radius 3 is 2.64 bits per heavy atom. The van der Waals surface area contributed by atoms with Crippen LogP contribution in [0.4, 0.5) is 0 Å². The molecule has 1 saturated heterocycles. The lowest BCUT2D eigenvalue weighted by Crippen LogP contribution is -1.95. The normalized spacial score (nSPS) is 20.1. The van der Waals surface area contributed by atoms with Crippen molar-refractivity contribution >= 4 is 0 Å². The molecule has 1 aliphatic rings. The molecule has 0 spiro atoms. The van der Waals surface area contributed by atoms with Crippen molar-refractivity contribution in [3.8, 4) is 0 Å². The van der Waals surface area contributed by atoms with Crippen LogP contribution in [-0.4, -0.2) is 6.61 Å². The fourth-order valence-corrected chi connectivity index (χ4v) is 1.71. The first-order chi connectivity index (χ1) is 6.86. The topological polar surface area (TPSA) is 9.23 Å². The highest BCUT2D eigenvalue weighted by Crippen LogP contribution is 2.28. The summed E-state index contributed by atoms with van der Waals surface area (Å²) in [7, 11) is 0. The first-order valence-electron chi connectivity index (χ1n) is 5.54. The molecule has 0 radical (unpaired) electrons. The Kier molecular flexibility index (Phi) is 4.68. The van der Waals surface area contributed by atoms with E-state index >= 15 is 0 Å². The van der Waals surface area contributed by atoms with Crippen molar-refractivity contribution in [2.45, 2.75) is 39.7 Å². The molecule has 0 N–H and O–H groups in total. The van der Waals surface area contributed by atoms with Gasteiger partial charge in [0.05, 0.1) is 6.10 Å². The van der Waals surface area contributed by atoms with E-state index in [1.807, 2.05) is 13.8 Å². The molecule has 1 atom stereocenters. The summed E-state index contributed by atoms with van der Waals surface area (Å²) in [5, 5.41) is 0. The fourth-order valence-electron chi connectivity index (χ4n) is 1.71. The molecule has 1 aromatic rings. The van der Waals surface area contributed by atoms with E-state index in [0.717, 1.165) is 6.61 Å². The SMILES string of the molecule is CC.Cc1cccc(C2CCCO2)c1. The summed E-state index contributed by atoms with van der Waals surface area (Å²) < 4.78 is 5.59. The van der Waals surface area contributed by atoms with Crippen molar-refractivity contribution in [3.05, 3.63) is 35.4 Å². The van der Waals surface area contributed by atoms with Gasteiger partial charge in [-0.25, -0.2) is 0 Å². The predicted molar refractivity (Wildman–Crippen MR) is 60.5 cm³/mol. The van der Waals surface area contributed by atoms with E-state index in [9.17, 15) is 0 Å². The summed E-state index contributed by atoms with van der Waals surface area (Å²) in [4.78, 5) is 0. The van der Waals surface area contributed by atoms with Crippen LogP contribution in [0, 0.1) is 6.92 Å². The molecule has 2 rings (SSSR count). The van der Waals surface area contributed by atoms with Crippen molar-refractivity contribution in [3.63, 3.8) is 0 Å². The highest BCUT2D eigenvalue weighted by atomic mass is 16.5. The summed E-state index contributed by atoms with van der Waals surface area (Å²) in [6, 6.07) is 8.60. The standard InChI is InChI=1S/C11H14O.C2H6/c1-9-4-2-5-10(8-9)11-6-3-7-12-11;1-2/h2,4-5,8,11H,3,6-7H2,1H3;1-2H3. The Balaban J connectivity index is 0.000000461. The average molecular weight is 192 g/mol. The van der Waals surface area contributed by atoms with E-state index in [1.165, 1.54) is 24.0 Å². The Bertz CT molecular complexity index is 262. The zero-order valence-corrected chi connectivity index (χ0v) is 9.42. The molecule has 0 aromatic heterocycles. The Labute approximate surface area is 87.1 Å². The van der Waals surface area contributed by atoms with Crippen molar-refractivity contribution in [1.82, 2.24) is 0 Å². The number of hydrogen-bond acceptors (Lipinski definition) is 1. The molecule has 1 unspecified atom stereocenters. The van der Waals surface area contributed by atoms with Gasteiger partial charge in [0.2, 0.25) is 0 Å². The number of aryl methyl sites for hydroxylation is 1. The third kappa shape index (κ3) is 2.85. The van der Waals surface area contributed by atoms with Crippen LogP contribution in [0.3, 0.4) is 0 Å². The fraction of sp³-hybridized carbons (Fsp3) is 0.538. The Morgan fingerprint density at radius 2 is 2.07 bits per heavy atom.